The number of aliphatic carboxylic acids is 1. The summed E-state index contributed by atoms with van der Waals surface area (Å²) in [6.45, 7) is 1.88. The lowest BCUT2D eigenvalue weighted by Crippen LogP contribution is -2.09. The first-order valence-corrected chi connectivity index (χ1v) is 9.84. The van der Waals surface area contributed by atoms with Crippen LogP contribution in [0.25, 0.3) is 27.9 Å². The molecule has 0 amide bonds. The van der Waals surface area contributed by atoms with Crippen LogP contribution in [0.15, 0.2) is 73.1 Å². The molecule has 0 radical (unpaired) electrons. The van der Waals surface area contributed by atoms with Crippen molar-refractivity contribution in [2.45, 2.75) is 19.5 Å². The molecular weight excluding hydrogens is 419 g/mol. The number of carboxylic acids is 1. The molecule has 2 heterocycles. The molecule has 2 aromatic carbocycles. The van der Waals surface area contributed by atoms with Crippen molar-refractivity contribution in [3.8, 4) is 11.1 Å². The third-order valence-electron chi connectivity index (χ3n) is 5.17. The third kappa shape index (κ3) is 3.87. The maximum absolute atomic E-state index is 12.9. The van der Waals surface area contributed by atoms with Gasteiger partial charge in [0.15, 0.2) is 5.65 Å². The van der Waals surface area contributed by atoms with Gasteiger partial charge in [0.05, 0.1) is 23.0 Å². The first-order valence-electron chi connectivity index (χ1n) is 9.84. The Labute approximate surface area is 181 Å². The van der Waals surface area contributed by atoms with Crippen LogP contribution >= 0.6 is 0 Å². The number of fused-ring (bicyclic) bond motifs is 1. The van der Waals surface area contributed by atoms with Gasteiger partial charge in [0, 0.05) is 11.8 Å². The summed E-state index contributed by atoms with van der Waals surface area (Å²) in [6.07, 6.45) is -1.01. The first-order chi connectivity index (χ1) is 15.3. The van der Waals surface area contributed by atoms with Crippen molar-refractivity contribution in [1.29, 1.82) is 0 Å². The highest BCUT2D eigenvalue weighted by Crippen LogP contribution is 2.33. The second kappa shape index (κ2) is 8.30. The van der Waals surface area contributed by atoms with Crippen LogP contribution in [0.2, 0.25) is 0 Å². The molecule has 0 aliphatic carbocycles. The van der Waals surface area contributed by atoms with Crippen LogP contribution in [-0.2, 0) is 11.0 Å². The van der Waals surface area contributed by atoms with Gasteiger partial charge in [-0.05, 0) is 41.3 Å². The Balaban J connectivity index is 1.89. The molecule has 162 valence electrons. The molecule has 4 rings (SSSR count). The number of benzene rings is 2. The highest BCUT2D eigenvalue weighted by atomic mass is 19.4. The quantitative estimate of drug-likeness (QED) is 0.400. The van der Waals surface area contributed by atoms with Crippen LogP contribution in [0, 0.1) is 0 Å². The summed E-state index contributed by atoms with van der Waals surface area (Å²) >= 11 is 0. The predicted octanol–water partition coefficient (Wildman–Crippen LogP) is 5.82. The minimum absolute atomic E-state index is 0.0909. The van der Waals surface area contributed by atoms with Gasteiger partial charge in [-0.3, -0.25) is 0 Å². The zero-order valence-electron chi connectivity index (χ0n) is 17.0. The molecule has 5 nitrogen and oxygen atoms in total. The van der Waals surface area contributed by atoms with Gasteiger partial charge in [0.25, 0.3) is 0 Å². The molecule has 0 fully saturated rings. The SMILES string of the molecule is CC/C(=C(/C(=O)O)c1ccnc2c(-c3ccc(C(F)(F)F)cc3)cnn12)c1ccccc1. The molecule has 8 heteroatoms. The average molecular weight is 437 g/mol. The van der Waals surface area contributed by atoms with Gasteiger partial charge in [-0.25, -0.2) is 14.3 Å². The van der Waals surface area contributed by atoms with E-state index < -0.39 is 17.7 Å². The molecule has 32 heavy (non-hydrogen) atoms. The number of hydrogen-bond donors (Lipinski definition) is 1. The van der Waals surface area contributed by atoms with Crippen molar-refractivity contribution >= 4 is 22.8 Å². The third-order valence-corrected chi connectivity index (χ3v) is 5.17. The van der Waals surface area contributed by atoms with Crippen molar-refractivity contribution < 1.29 is 23.1 Å². The van der Waals surface area contributed by atoms with E-state index in [9.17, 15) is 23.1 Å². The number of rotatable bonds is 5. The Morgan fingerprint density at radius 3 is 2.31 bits per heavy atom. The van der Waals surface area contributed by atoms with Crippen molar-refractivity contribution in [2.24, 2.45) is 0 Å². The van der Waals surface area contributed by atoms with Gasteiger partial charge in [0.2, 0.25) is 0 Å². The maximum atomic E-state index is 12.9. The normalized spacial score (nSPS) is 12.6. The fraction of sp³-hybridized carbons (Fsp3) is 0.125. The van der Waals surface area contributed by atoms with E-state index in [2.05, 4.69) is 10.1 Å². The Kier molecular flexibility index (Phi) is 5.52. The monoisotopic (exact) mass is 437 g/mol. The molecule has 2 aromatic heterocycles. The summed E-state index contributed by atoms with van der Waals surface area (Å²) in [5, 5.41) is 14.4. The van der Waals surface area contributed by atoms with E-state index in [1.54, 1.807) is 6.07 Å². The van der Waals surface area contributed by atoms with E-state index in [0.29, 0.717) is 34.5 Å². The zero-order valence-corrected chi connectivity index (χ0v) is 17.0. The number of hydrogen-bond acceptors (Lipinski definition) is 3. The lowest BCUT2D eigenvalue weighted by atomic mass is 9.95. The largest absolute Gasteiger partial charge is 0.478 e. The molecule has 0 aliphatic heterocycles. The Morgan fingerprint density at radius 2 is 1.72 bits per heavy atom. The Hall–Kier alpha value is -3.94. The van der Waals surface area contributed by atoms with Crippen molar-refractivity contribution in [2.75, 3.05) is 0 Å². The van der Waals surface area contributed by atoms with Crippen LogP contribution in [0.5, 0.6) is 0 Å². The number of allylic oxidation sites excluding steroid dienone is 1. The van der Waals surface area contributed by atoms with Crippen molar-refractivity contribution in [1.82, 2.24) is 14.6 Å². The number of halogens is 3. The smallest absolute Gasteiger partial charge is 0.416 e. The van der Waals surface area contributed by atoms with Crippen LogP contribution < -0.4 is 0 Å². The summed E-state index contributed by atoms with van der Waals surface area (Å²) in [6, 6.07) is 15.5. The number of aromatic nitrogens is 3. The van der Waals surface area contributed by atoms with Crippen LogP contribution in [0.4, 0.5) is 13.2 Å². The van der Waals surface area contributed by atoms with Gasteiger partial charge in [-0.2, -0.15) is 18.3 Å². The van der Waals surface area contributed by atoms with Crippen molar-refractivity contribution in [3.63, 3.8) is 0 Å². The highest BCUT2D eigenvalue weighted by molar-refractivity contribution is 6.23. The lowest BCUT2D eigenvalue weighted by molar-refractivity contribution is -0.137. The minimum Gasteiger partial charge on any atom is -0.478 e. The highest BCUT2D eigenvalue weighted by Gasteiger charge is 2.30. The topological polar surface area (TPSA) is 67.5 Å². The van der Waals surface area contributed by atoms with Gasteiger partial charge in [0.1, 0.15) is 0 Å². The average Bonchev–Trinajstić information content (AvgIpc) is 3.22. The molecule has 0 aliphatic rings. The van der Waals surface area contributed by atoms with Crippen molar-refractivity contribution in [3.05, 3.63) is 89.9 Å². The summed E-state index contributed by atoms with van der Waals surface area (Å²) in [4.78, 5) is 16.6. The van der Waals surface area contributed by atoms with E-state index in [1.807, 2.05) is 37.3 Å². The number of carboxylic acid groups (broad SMARTS) is 1. The lowest BCUT2D eigenvalue weighted by Gasteiger charge is -2.13. The van der Waals surface area contributed by atoms with Crippen LogP contribution in [0.1, 0.15) is 30.2 Å². The molecular formula is C24H18F3N3O2. The molecule has 0 spiro atoms. The zero-order chi connectivity index (χ0) is 22.9. The molecule has 0 bridgehead atoms. The standard InChI is InChI=1S/C24H18F3N3O2/c1-2-18(15-6-4-3-5-7-15)21(23(31)32)20-12-13-28-22-19(14-29-30(20)22)16-8-10-17(11-9-16)24(25,26)27/h3-14H,2H2,1H3,(H,31,32)/b21-18-. The fourth-order valence-corrected chi connectivity index (χ4v) is 3.68. The molecule has 0 unspecified atom stereocenters. The first kappa shape index (κ1) is 21.3. The number of carbonyl (C=O) groups is 1. The Morgan fingerprint density at radius 1 is 1.03 bits per heavy atom. The molecule has 0 saturated carbocycles. The molecule has 4 aromatic rings. The number of nitrogens with zero attached hydrogens (tertiary/aromatic N) is 3. The molecule has 0 atom stereocenters. The molecule has 0 saturated heterocycles. The van der Waals surface area contributed by atoms with Gasteiger partial charge < -0.3 is 5.11 Å². The van der Waals surface area contributed by atoms with Crippen LogP contribution in [0.3, 0.4) is 0 Å². The number of alkyl halides is 3. The van der Waals surface area contributed by atoms with Gasteiger partial charge >= 0.3 is 12.1 Å². The van der Waals surface area contributed by atoms with E-state index >= 15 is 0 Å². The summed E-state index contributed by atoms with van der Waals surface area (Å²) in [5.41, 5.74) is 2.45. The van der Waals surface area contributed by atoms with E-state index in [1.165, 1.54) is 29.0 Å². The Bertz CT molecular complexity index is 1310. The summed E-state index contributed by atoms with van der Waals surface area (Å²) in [5.74, 6) is -1.11. The predicted molar refractivity (Wildman–Crippen MR) is 115 cm³/mol. The van der Waals surface area contributed by atoms with E-state index in [-0.39, 0.29) is 5.57 Å². The minimum atomic E-state index is -4.43. The summed E-state index contributed by atoms with van der Waals surface area (Å²) in [7, 11) is 0. The summed E-state index contributed by atoms with van der Waals surface area (Å²) < 4.78 is 40.1. The second-order valence-corrected chi connectivity index (χ2v) is 7.08. The molecule has 1 N–H and O–H groups in total. The second-order valence-electron chi connectivity index (χ2n) is 7.08. The van der Waals surface area contributed by atoms with Gasteiger partial charge in [-0.1, -0.05) is 49.4 Å². The maximum Gasteiger partial charge on any atom is 0.416 e. The van der Waals surface area contributed by atoms with Gasteiger partial charge in [-0.15, -0.1) is 0 Å². The van der Waals surface area contributed by atoms with Crippen LogP contribution in [-0.4, -0.2) is 25.7 Å². The fourth-order valence-electron chi connectivity index (χ4n) is 3.68. The van der Waals surface area contributed by atoms with E-state index in [0.717, 1.165) is 17.7 Å². The van der Waals surface area contributed by atoms with E-state index in [4.69, 9.17) is 0 Å².